The van der Waals surface area contributed by atoms with E-state index in [1.165, 1.54) is 4.68 Å². The zero-order valence-electron chi connectivity index (χ0n) is 12.5. The van der Waals surface area contributed by atoms with E-state index in [1.54, 1.807) is 14.2 Å². The molecule has 116 valence electrons. The molecule has 8 nitrogen and oxygen atoms in total. The van der Waals surface area contributed by atoms with E-state index in [1.807, 2.05) is 13.8 Å². The second-order valence-electron chi connectivity index (χ2n) is 4.30. The van der Waals surface area contributed by atoms with Crippen LogP contribution in [0.25, 0.3) is 0 Å². The fraction of sp³-hybridized carbons (Fsp3) is 0.833. The van der Waals surface area contributed by atoms with E-state index in [9.17, 15) is 0 Å². The van der Waals surface area contributed by atoms with Crippen molar-refractivity contribution >= 4 is 0 Å². The molecule has 0 aromatic carbocycles. The smallest absolute Gasteiger partial charge is 0.180 e. The number of nitrogens with zero attached hydrogens (tertiary/aromatic N) is 3. The van der Waals surface area contributed by atoms with E-state index >= 15 is 0 Å². The summed E-state index contributed by atoms with van der Waals surface area (Å²) >= 11 is 0. The lowest BCUT2D eigenvalue weighted by atomic mass is 10.3. The van der Waals surface area contributed by atoms with Gasteiger partial charge in [0.15, 0.2) is 11.6 Å². The number of hydrogen-bond acceptors (Lipinski definition) is 7. The first-order valence-electron chi connectivity index (χ1n) is 6.53. The SMILES string of the molecule is COCCO[C@@H](C)c1nnc([C@H](C)OCCOC)n1N. The van der Waals surface area contributed by atoms with Crippen LogP contribution in [-0.2, 0) is 18.9 Å². The summed E-state index contributed by atoms with van der Waals surface area (Å²) in [5, 5.41) is 8.11. The minimum Gasteiger partial charge on any atom is -0.382 e. The van der Waals surface area contributed by atoms with E-state index in [2.05, 4.69) is 10.2 Å². The lowest BCUT2D eigenvalue weighted by molar-refractivity contribution is 0.0161. The number of aromatic nitrogens is 3. The van der Waals surface area contributed by atoms with Gasteiger partial charge in [-0.05, 0) is 13.8 Å². The van der Waals surface area contributed by atoms with Gasteiger partial charge in [0.25, 0.3) is 0 Å². The zero-order valence-corrected chi connectivity index (χ0v) is 12.5. The van der Waals surface area contributed by atoms with Crippen molar-refractivity contribution in [3.63, 3.8) is 0 Å². The minimum absolute atomic E-state index is 0.262. The van der Waals surface area contributed by atoms with Gasteiger partial charge >= 0.3 is 0 Å². The number of rotatable bonds is 10. The summed E-state index contributed by atoms with van der Waals surface area (Å²) in [7, 11) is 3.24. The first-order chi connectivity index (χ1) is 9.61. The van der Waals surface area contributed by atoms with Crippen molar-refractivity contribution < 1.29 is 18.9 Å². The fourth-order valence-corrected chi connectivity index (χ4v) is 1.64. The Morgan fingerprint density at radius 1 is 0.900 bits per heavy atom. The standard InChI is InChI=1S/C12H24N4O4/c1-9(19-7-5-17-3)11-14-15-12(16(11)13)10(2)20-8-6-18-4/h9-10H,5-8,13H2,1-4H3/t9-,10-/m0/s1. The Labute approximate surface area is 119 Å². The summed E-state index contributed by atoms with van der Waals surface area (Å²) in [6.45, 7) is 5.71. The van der Waals surface area contributed by atoms with Crippen LogP contribution < -0.4 is 5.84 Å². The molecule has 0 fully saturated rings. The van der Waals surface area contributed by atoms with E-state index < -0.39 is 0 Å². The first kappa shape index (κ1) is 16.8. The highest BCUT2D eigenvalue weighted by Crippen LogP contribution is 2.18. The number of methoxy groups -OCH3 is 2. The Morgan fingerprint density at radius 2 is 1.30 bits per heavy atom. The van der Waals surface area contributed by atoms with Crippen molar-refractivity contribution in [2.75, 3.05) is 46.5 Å². The maximum Gasteiger partial charge on any atom is 0.180 e. The number of nitrogen functional groups attached to an aromatic ring is 1. The van der Waals surface area contributed by atoms with Crippen LogP contribution in [-0.4, -0.2) is 55.5 Å². The quantitative estimate of drug-likeness (QED) is 0.493. The van der Waals surface area contributed by atoms with Gasteiger partial charge in [-0.3, -0.25) is 0 Å². The third kappa shape index (κ3) is 4.71. The van der Waals surface area contributed by atoms with Crippen LogP contribution in [0.5, 0.6) is 0 Å². The molecule has 0 unspecified atom stereocenters. The van der Waals surface area contributed by atoms with Crippen LogP contribution in [0.1, 0.15) is 37.7 Å². The second kappa shape index (κ2) is 8.85. The Balaban J connectivity index is 2.58. The average molecular weight is 288 g/mol. The van der Waals surface area contributed by atoms with Gasteiger partial charge < -0.3 is 24.8 Å². The second-order valence-corrected chi connectivity index (χ2v) is 4.30. The van der Waals surface area contributed by atoms with Crippen LogP contribution in [0, 0.1) is 0 Å². The summed E-state index contributed by atoms with van der Waals surface area (Å²) in [6, 6.07) is 0. The van der Waals surface area contributed by atoms with Crippen LogP contribution in [0.2, 0.25) is 0 Å². The molecule has 0 aliphatic rings. The van der Waals surface area contributed by atoms with Crippen molar-refractivity contribution in [2.24, 2.45) is 0 Å². The summed E-state index contributed by atoms with van der Waals surface area (Å²) in [6.07, 6.45) is -0.523. The van der Waals surface area contributed by atoms with E-state index in [4.69, 9.17) is 24.8 Å². The van der Waals surface area contributed by atoms with Gasteiger partial charge in [0.1, 0.15) is 12.2 Å². The molecule has 0 saturated carbocycles. The average Bonchev–Trinajstić information content (AvgIpc) is 2.81. The van der Waals surface area contributed by atoms with Gasteiger partial charge in [0, 0.05) is 14.2 Å². The first-order valence-corrected chi connectivity index (χ1v) is 6.53. The fourth-order valence-electron chi connectivity index (χ4n) is 1.64. The predicted molar refractivity (Wildman–Crippen MR) is 72.7 cm³/mol. The Hall–Kier alpha value is -1.22. The molecule has 0 saturated heterocycles. The molecule has 20 heavy (non-hydrogen) atoms. The molecule has 0 aliphatic heterocycles. The highest BCUT2D eigenvalue weighted by atomic mass is 16.5. The van der Waals surface area contributed by atoms with Gasteiger partial charge in [0.05, 0.1) is 26.4 Å². The minimum atomic E-state index is -0.262. The zero-order chi connectivity index (χ0) is 15.0. The van der Waals surface area contributed by atoms with Gasteiger partial charge in [-0.25, -0.2) is 4.68 Å². The number of nitrogens with two attached hydrogens (primary N) is 1. The van der Waals surface area contributed by atoms with E-state index in [0.717, 1.165) is 0 Å². The summed E-state index contributed by atoms with van der Waals surface area (Å²) in [4.78, 5) is 0. The lowest BCUT2D eigenvalue weighted by Gasteiger charge is -2.14. The molecule has 0 amide bonds. The molecule has 0 aliphatic carbocycles. The van der Waals surface area contributed by atoms with Crippen LogP contribution in [0.15, 0.2) is 0 Å². The van der Waals surface area contributed by atoms with Crippen LogP contribution in [0.3, 0.4) is 0 Å². The molecular formula is C12H24N4O4. The summed E-state index contributed by atoms with van der Waals surface area (Å²) in [5.74, 6) is 7.09. The number of hydrogen-bond donors (Lipinski definition) is 1. The highest BCUT2D eigenvalue weighted by Gasteiger charge is 2.20. The molecule has 8 heteroatoms. The van der Waals surface area contributed by atoms with Crippen LogP contribution in [0.4, 0.5) is 0 Å². The molecule has 0 radical (unpaired) electrons. The third-order valence-corrected chi connectivity index (χ3v) is 2.79. The lowest BCUT2D eigenvalue weighted by Crippen LogP contribution is -2.22. The van der Waals surface area contributed by atoms with E-state index in [0.29, 0.717) is 38.1 Å². The molecular weight excluding hydrogens is 264 g/mol. The Kier molecular flexibility index (Phi) is 7.45. The molecule has 1 rings (SSSR count). The molecule has 1 aromatic heterocycles. The van der Waals surface area contributed by atoms with E-state index in [-0.39, 0.29) is 12.2 Å². The van der Waals surface area contributed by atoms with Crippen molar-refractivity contribution in [3.05, 3.63) is 11.6 Å². The molecule has 1 aromatic rings. The maximum atomic E-state index is 5.98. The Bertz CT molecular complexity index is 352. The third-order valence-electron chi connectivity index (χ3n) is 2.79. The summed E-state index contributed by atoms with van der Waals surface area (Å²) in [5.41, 5.74) is 0. The topological polar surface area (TPSA) is 93.6 Å². The highest BCUT2D eigenvalue weighted by molar-refractivity contribution is 5.01. The van der Waals surface area contributed by atoms with Crippen molar-refractivity contribution in [3.8, 4) is 0 Å². The molecule has 1 heterocycles. The monoisotopic (exact) mass is 288 g/mol. The molecule has 0 spiro atoms. The Morgan fingerprint density at radius 3 is 1.65 bits per heavy atom. The molecule has 2 atom stereocenters. The molecule has 2 N–H and O–H groups in total. The molecule has 0 bridgehead atoms. The predicted octanol–water partition coefficient (Wildman–Crippen LogP) is 0.440. The largest absolute Gasteiger partial charge is 0.382 e. The normalized spacial score (nSPS) is 14.4. The van der Waals surface area contributed by atoms with Crippen molar-refractivity contribution in [1.29, 1.82) is 0 Å². The van der Waals surface area contributed by atoms with Gasteiger partial charge in [-0.15, -0.1) is 10.2 Å². The summed E-state index contributed by atoms with van der Waals surface area (Å²) < 4.78 is 22.4. The van der Waals surface area contributed by atoms with Gasteiger partial charge in [-0.2, -0.15) is 0 Å². The maximum absolute atomic E-state index is 5.98. The van der Waals surface area contributed by atoms with Crippen LogP contribution >= 0.6 is 0 Å². The van der Waals surface area contributed by atoms with Gasteiger partial charge in [-0.1, -0.05) is 0 Å². The van der Waals surface area contributed by atoms with Crippen molar-refractivity contribution in [2.45, 2.75) is 26.1 Å². The van der Waals surface area contributed by atoms with Crippen molar-refractivity contribution in [1.82, 2.24) is 14.9 Å². The van der Waals surface area contributed by atoms with Gasteiger partial charge in [0.2, 0.25) is 0 Å². The number of ether oxygens (including phenoxy) is 4.